The Labute approximate surface area is 206 Å². The smallest absolute Gasteiger partial charge is 0.264 e. The minimum atomic E-state index is -0.196. The van der Waals surface area contributed by atoms with Crippen molar-refractivity contribution < 1.29 is 9.90 Å². The average Bonchev–Trinajstić information content (AvgIpc) is 3.21. The Balaban J connectivity index is 1.24. The van der Waals surface area contributed by atoms with Gasteiger partial charge in [-0.3, -0.25) is 9.69 Å². The standard InChI is InChI=1S/C26H37N5O2S/c1-18-22-24(27-12-9-19-6-3-2-4-7-19)28-17-29-25(22)34-23(18)26(33)30-14-10-20(11-15-30)31-13-5-8-21(32)16-31/h6,17,20-21,32H,2-5,7-16H2,1H3,(H,27,28,29). The lowest BCUT2D eigenvalue weighted by Crippen LogP contribution is -2.50. The minimum absolute atomic E-state index is 0.121. The van der Waals surface area contributed by atoms with Gasteiger partial charge in [0.05, 0.1) is 16.4 Å². The number of likely N-dealkylation sites (tertiary alicyclic amines) is 2. The van der Waals surface area contributed by atoms with E-state index in [1.165, 1.54) is 37.0 Å². The van der Waals surface area contributed by atoms with E-state index in [2.05, 4.69) is 26.3 Å². The van der Waals surface area contributed by atoms with E-state index in [-0.39, 0.29) is 12.0 Å². The fraction of sp³-hybridized carbons (Fsp3) is 0.654. The molecule has 3 aliphatic rings. The zero-order valence-electron chi connectivity index (χ0n) is 20.3. The Morgan fingerprint density at radius 1 is 1.18 bits per heavy atom. The predicted molar refractivity (Wildman–Crippen MR) is 138 cm³/mol. The number of allylic oxidation sites excluding steroid dienone is 1. The van der Waals surface area contributed by atoms with Crippen LogP contribution in [-0.2, 0) is 0 Å². The Kier molecular flexibility index (Phi) is 7.46. The molecule has 184 valence electrons. The third-order valence-corrected chi connectivity index (χ3v) is 8.93. The van der Waals surface area contributed by atoms with Crippen molar-refractivity contribution in [3.8, 4) is 0 Å². The number of β-amino-alcohol motifs (C(OH)–C–C–N with tert-alkyl or cyclic N) is 1. The number of aryl methyl sites for hydroxylation is 1. The highest BCUT2D eigenvalue weighted by atomic mass is 32.1. The van der Waals surface area contributed by atoms with Crippen molar-refractivity contribution >= 4 is 33.3 Å². The maximum Gasteiger partial charge on any atom is 0.264 e. The van der Waals surface area contributed by atoms with E-state index in [0.717, 1.165) is 91.3 Å². The summed E-state index contributed by atoms with van der Waals surface area (Å²) < 4.78 is 0. The van der Waals surface area contributed by atoms with Gasteiger partial charge in [0.2, 0.25) is 0 Å². The van der Waals surface area contributed by atoms with E-state index in [0.29, 0.717) is 6.04 Å². The van der Waals surface area contributed by atoms with E-state index < -0.39 is 0 Å². The number of thiophene rings is 1. The summed E-state index contributed by atoms with van der Waals surface area (Å²) in [5.41, 5.74) is 2.54. The van der Waals surface area contributed by atoms with Crippen molar-refractivity contribution in [1.82, 2.24) is 19.8 Å². The second kappa shape index (κ2) is 10.7. The van der Waals surface area contributed by atoms with Gasteiger partial charge in [0.25, 0.3) is 5.91 Å². The molecule has 2 aliphatic heterocycles. The fourth-order valence-electron chi connectivity index (χ4n) is 5.78. The topological polar surface area (TPSA) is 81.6 Å². The summed E-state index contributed by atoms with van der Waals surface area (Å²) in [5.74, 6) is 0.965. The summed E-state index contributed by atoms with van der Waals surface area (Å²) in [6.45, 7) is 6.28. The minimum Gasteiger partial charge on any atom is -0.392 e. The number of carbonyl (C=O) groups is 1. The van der Waals surface area contributed by atoms with E-state index in [1.807, 2.05) is 11.8 Å². The molecule has 7 nitrogen and oxygen atoms in total. The zero-order valence-corrected chi connectivity index (χ0v) is 21.1. The van der Waals surface area contributed by atoms with Crippen LogP contribution in [0.4, 0.5) is 5.82 Å². The first-order valence-electron chi connectivity index (χ1n) is 13.0. The summed E-state index contributed by atoms with van der Waals surface area (Å²) in [4.78, 5) is 28.6. The molecule has 1 aliphatic carbocycles. The summed E-state index contributed by atoms with van der Waals surface area (Å²) in [6.07, 6.45) is 13.8. The average molecular weight is 484 g/mol. The van der Waals surface area contributed by atoms with Crippen molar-refractivity contribution in [2.24, 2.45) is 0 Å². The molecule has 5 rings (SSSR count). The van der Waals surface area contributed by atoms with Gasteiger partial charge >= 0.3 is 0 Å². The SMILES string of the molecule is Cc1c(C(=O)N2CCC(N3CCCC(O)C3)CC2)sc2ncnc(NCCC3=CCCCC3)c12. The quantitative estimate of drug-likeness (QED) is 0.594. The van der Waals surface area contributed by atoms with Crippen molar-refractivity contribution in [1.29, 1.82) is 0 Å². The number of anilines is 1. The molecule has 2 saturated heterocycles. The summed E-state index contributed by atoms with van der Waals surface area (Å²) in [7, 11) is 0. The lowest BCUT2D eigenvalue weighted by molar-refractivity contribution is 0.0241. The number of aliphatic hydroxyl groups excluding tert-OH is 1. The second-order valence-electron chi connectivity index (χ2n) is 10.1. The highest BCUT2D eigenvalue weighted by Gasteiger charge is 2.31. The van der Waals surface area contributed by atoms with Gasteiger partial charge in [-0.2, -0.15) is 0 Å². The zero-order chi connectivity index (χ0) is 23.5. The molecule has 0 aromatic carbocycles. The normalized spacial score (nSPS) is 22.7. The van der Waals surface area contributed by atoms with Crippen LogP contribution < -0.4 is 5.32 Å². The number of aliphatic hydroxyl groups is 1. The molecule has 4 heterocycles. The van der Waals surface area contributed by atoms with E-state index >= 15 is 0 Å². The number of nitrogens with zero attached hydrogens (tertiary/aromatic N) is 4. The summed E-state index contributed by atoms with van der Waals surface area (Å²) >= 11 is 1.49. The van der Waals surface area contributed by atoms with Crippen LogP contribution in [0.1, 0.15) is 73.0 Å². The number of amides is 1. The van der Waals surface area contributed by atoms with Gasteiger partial charge in [0.1, 0.15) is 17.0 Å². The first kappa shape index (κ1) is 23.7. The maximum atomic E-state index is 13.5. The number of hydrogen-bond donors (Lipinski definition) is 2. The van der Waals surface area contributed by atoms with E-state index in [1.54, 1.807) is 11.9 Å². The third kappa shape index (κ3) is 5.14. The van der Waals surface area contributed by atoms with Crippen LogP contribution in [0.5, 0.6) is 0 Å². The van der Waals surface area contributed by atoms with Crippen LogP contribution in [0.15, 0.2) is 18.0 Å². The molecule has 1 atom stereocenters. The number of hydrogen-bond acceptors (Lipinski definition) is 7. The molecule has 8 heteroatoms. The Bertz CT molecular complexity index is 1040. The number of carbonyl (C=O) groups excluding carboxylic acids is 1. The predicted octanol–water partition coefficient (Wildman–Crippen LogP) is 4.36. The molecule has 2 fully saturated rings. The first-order chi connectivity index (χ1) is 16.6. The van der Waals surface area contributed by atoms with E-state index in [9.17, 15) is 9.90 Å². The third-order valence-electron chi connectivity index (χ3n) is 7.74. The highest BCUT2D eigenvalue weighted by molar-refractivity contribution is 7.20. The van der Waals surface area contributed by atoms with Crippen LogP contribution >= 0.6 is 11.3 Å². The molecule has 1 unspecified atom stereocenters. The molecule has 1 amide bonds. The molecule has 0 radical (unpaired) electrons. The van der Waals surface area contributed by atoms with Gasteiger partial charge in [-0.1, -0.05) is 11.6 Å². The number of rotatable bonds is 6. The van der Waals surface area contributed by atoms with Crippen molar-refractivity contribution in [2.45, 2.75) is 76.9 Å². The Morgan fingerprint density at radius 2 is 2.03 bits per heavy atom. The summed E-state index contributed by atoms with van der Waals surface area (Å²) in [6, 6.07) is 0.475. The van der Waals surface area contributed by atoms with Gasteiger partial charge in [0.15, 0.2) is 0 Å². The fourth-order valence-corrected chi connectivity index (χ4v) is 6.89. The van der Waals surface area contributed by atoms with Crippen molar-refractivity contribution in [3.05, 3.63) is 28.4 Å². The van der Waals surface area contributed by atoms with Gasteiger partial charge < -0.3 is 15.3 Å². The largest absolute Gasteiger partial charge is 0.392 e. The Hall–Kier alpha value is -2.03. The van der Waals surface area contributed by atoms with Crippen molar-refractivity contribution in [3.63, 3.8) is 0 Å². The number of nitrogens with one attached hydrogen (secondary N) is 1. The molecule has 0 spiro atoms. The Morgan fingerprint density at radius 3 is 2.79 bits per heavy atom. The van der Waals surface area contributed by atoms with Crippen LogP contribution in [-0.4, -0.2) is 75.7 Å². The highest BCUT2D eigenvalue weighted by Crippen LogP contribution is 2.35. The maximum absolute atomic E-state index is 13.5. The second-order valence-corrected chi connectivity index (χ2v) is 11.1. The van der Waals surface area contributed by atoms with Crippen LogP contribution in [0, 0.1) is 6.92 Å². The van der Waals surface area contributed by atoms with Gasteiger partial charge in [0, 0.05) is 32.2 Å². The lowest BCUT2D eigenvalue weighted by atomic mass is 9.97. The van der Waals surface area contributed by atoms with Crippen LogP contribution in [0.3, 0.4) is 0 Å². The van der Waals surface area contributed by atoms with Crippen LogP contribution in [0.25, 0.3) is 10.2 Å². The van der Waals surface area contributed by atoms with Gasteiger partial charge in [-0.05, 0) is 76.8 Å². The molecule has 2 aromatic heterocycles. The molecule has 0 saturated carbocycles. The van der Waals surface area contributed by atoms with E-state index in [4.69, 9.17) is 0 Å². The van der Waals surface area contributed by atoms with Crippen molar-refractivity contribution in [2.75, 3.05) is 38.0 Å². The first-order valence-corrected chi connectivity index (χ1v) is 13.8. The monoisotopic (exact) mass is 483 g/mol. The molecule has 2 aromatic rings. The molecular weight excluding hydrogens is 446 g/mol. The van der Waals surface area contributed by atoms with Crippen LogP contribution in [0.2, 0.25) is 0 Å². The lowest BCUT2D eigenvalue weighted by Gasteiger charge is -2.41. The molecular formula is C26H37N5O2S. The number of piperidine rings is 2. The molecule has 0 bridgehead atoms. The summed E-state index contributed by atoms with van der Waals surface area (Å²) in [5, 5.41) is 14.5. The number of aromatic nitrogens is 2. The number of fused-ring (bicyclic) bond motifs is 1. The molecule has 2 N–H and O–H groups in total. The van der Waals surface area contributed by atoms with Gasteiger partial charge in [-0.25, -0.2) is 9.97 Å². The molecule has 34 heavy (non-hydrogen) atoms. The van der Waals surface area contributed by atoms with Gasteiger partial charge in [-0.15, -0.1) is 11.3 Å².